The van der Waals surface area contributed by atoms with Crippen molar-refractivity contribution in [1.82, 2.24) is 0 Å². The van der Waals surface area contributed by atoms with Gasteiger partial charge >= 0.3 is 29.6 Å². The molecule has 0 radical (unpaired) electrons. The van der Waals surface area contributed by atoms with Gasteiger partial charge in [-0.3, -0.25) is 4.79 Å². The molecule has 0 aromatic carbocycles. The molecule has 0 saturated carbocycles. The molecule has 0 N–H and O–H groups in total. The Kier molecular flexibility index (Phi) is 8.06. The molecule has 9 heavy (non-hydrogen) atoms. The average Bonchev–Trinajstić information content (AvgIpc) is 1.91. The van der Waals surface area contributed by atoms with Crippen molar-refractivity contribution in [1.29, 1.82) is 0 Å². The van der Waals surface area contributed by atoms with Crippen molar-refractivity contribution >= 4 is 23.4 Å². The van der Waals surface area contributed by atoms with Crippen LogP contribution in [-0.2, 0) is 4.79 Å². The van der Waals surface area contributed by atoms with Gasteiger partial charge in [-0.2, -0.15) is 0 Å². The monoisotopic (exact) mass is 173 g/mol. The third-order valence-corrected chi connectivity index (χ3v) is 1.59. The summed E-state index contributed by atoms with van der Waals surface area (Å²) in [5, 5.41) is 0. The van der Waals surface area contributed by atoms with E-state index >= 15 is 0 Å². The van der Waals surface area contributed by atoms with Crippen LogP contribution in [-0.4, -0.2) is 17.2 Å². The molecule has 2 nitrogen and oxygen atoms in total. The van der Waals surface area contributed by atoms with Gasteiger partial charge in [-0.05, 0) is 18.9 Å². The Morgan fingerprint density at radius 2 is 2.22 bits per heavy atom. The Hall–Kier alpha value is 0.980. The van der Waals surface area contributed by atoms with Crippen LogP contribution in [0.4, 0.5) is 0 Å². The van der Waals surface area contributed by atoms with E-state index in [1.165, 1.54) is 11.9 Å². The Balaban J connectivity index is 0. The fourth-order valence-corrected chi connectivity index (χ4v) is 1.03. The summed E-state index contributed by atoms with van der Waals surface area (Å²) in [4.78, 5) is 10.4. The number of nitrogens with zero attached hydrogens (tertiary/aromatic N) is 1. The zero-order chi connectivity index (χ0) is 5.28. The van der Waals surface area contributed by atoms with Gasteiger partial charge in [-0.15, -0.1) is 0 Å². The molecule has 0 aromatic heterocycles. The first kappa shape index (κ1) is 12.6. The standard InChI is InChI=1S/C4H5NOS.ClH.Na/c1-3-4(6)2-7-5-3;;/h2H2,1H3;1H;/q;;+1/p-1. The van der Waals surface area contributed by atoms with E-state index in [4.69, 9.17) is 0 Å². The molecule has 0 aliphatic carbocycles. The van der Waals surface area contributed by atoms with Gasteiger partial charge in [0.05, 0.1) is 11.5 Å². The maximum atomic E-state index is 10.4. The molecule has 5 heteroatoms. The van der Waals surface area contributed by atoms with Crippen molar-refractivity contribution in [2.45, 2.75) is 6.92 Å². The fraction of sp³-hybridized carbons (Fsp3) is 0.500. The van der Waals surface area contributed by atoms with Gasteiger partial charge in [0.15, 0.2) is 5.78 Å². The van der Waals surface area contributed by atoms with Gasteiger partial charge in [0.2, 0.25) is 0 Å². The third-order valence-electron chi connectivity index (χ3n) is 0.801. The molecule has 0 unspecified atom stereocenters. The van der Waals surface area contributed by atoms with Gasteiger partial charge in [0.1, 0.15) is 0 Å². The first-order chi connectivity index (χ1) is 3.30. The van der Waals surface area contributed by atoms with Crippen molar-refractivity contribution in [3.05, 3.63) is 0 Å². The first-order valence-electron chi connectivity index (χ1n) is 2.00. The van der Waals surface area contributed by atoms with Crippen LogP contribution >= 0.6 is 11.9 Å². The molecule has 0 saturated heterocycles. The van der Waals surface area contributed by atoms with Crippen LogP contribution in [0, 0.1) is 0 Å². The third kappa shape index (κ3) is 3.63. The topological polar surface area (TPSA) is 29.4 Å². The van der Waals surface area contributed by atoms with Crippen molar-refractivity contribution < 1.29 is 46.8 Å². The Morgan fingerprint density at radius 1 is 1.67 bits per heavy atom. The molecule has 0 spiro atoms. The number of halogens is 1. The zero-order valence-corrected chi connectivity index (χ0v) is 8.92. The molecule has 1 heterocycles. The Morgan fingerprint density at radius 3 is 2.33 bits per heavy atom. The predicted octanol–water partition coefficient (Wildman–Crippen LogP) is -5.31. The van der Waals surface area contributed by atoms with Crippen LogP contribution in [0.15, 0.2) is 4.40 Å². The molecular weight excluding hydrogens is 169 g/mol. The second kappa shape index (κ2) is 5.74. The average molecular weight is 174 g/mol. The van der Waals surface area contributed by atoms with E-state index in [2.05, 4.69) is 4.40 Å². The maximum absolute atomic E-state index is 10.4. The van der Waals surface area contributed by atoms with Crippen LogP contribution in [0.3, 0.4) is 0 Å². The molecule has 0 fully saturated rings. The predicted molar refractivity (Wildman–Crippen MR) is 30.6 cm³/mol. The van der Waals surface area contributed by atoms with Crippen LogP contribution in [0.1, 0.15) is 6.92 Å². The van der Waals surface area contributed by atoms with Gasteiger partial charge in [0, 0.05) is 0 Å². The molecular formula is C4H5ClNNaOS. The Bertz CT molecular complexity index is 139. The van der Waals surface area contributed by atoms with Crippen LogP contribution in [0.5, 0.6) is 0 Å². The van der Waals surface area contributed by atoms with Crippen LogP contribution < -0.4 is 42.0 Å². The van der Waals surface area contributed by atoms with E-state index in [0.717, 1.165) is 0 Å². The zero-order valence-electron chi connectivity index (χ0n) is 5.35. The molecule has 46 valence electrons. The van der Waals surface area contributed by atoms with Gasteiger partial charge in [0.25, 0.3) is 0 Å². The van der Waals surface area contributed by atoms with Crippen molar-refractivity contribution in [2.24, 2.45) is 4.40 Å². The summed E-state index contributed by atoms with van der Waals surface area (Å²) in [6, 6.07) is 0. The number of hydrogen-bond acceptors (Lipinski definition) is 3. The number of carbonyl (C=O) groups is 1. The second-order valence-electron chi connectivity index (χ2n) is 1.37. The molecule has 0 atom stereocenters. The minimum atomic E-state index is 0. The summed E-state index contributed by atoms with van der Waals surface area (Å²) >= 11 is 1.33. The minimum Gasteiger partial charge on any atom is -1.00 e. The number of ketones is 1. The van der Waals surface area contributed by atoms with Gasteiger partial charge in [-0.1, -0.05) is 0 Å². The number of hydrogen-bond donors (Lipinski definition) is 0. The minimum absolute atomic E-state index is 0. The van der Waals surface area contributed by atoms with Gasteiger partial charge < -0.3 is 12.4 Å². The summed E-state index contributed by atoms with van der Waals surface area (Å²) in [6.45, 7) is 1.74. The van der Waals surface area contributed by atoms with Crippen LogP contribution in [0.25, 0.3) is 0 Å². The molecule has 1 rings (SSSR count). The van der Waals surface area contributed by atoms with Crippen molar-refractivity contribution in [2.75, 3.05) is 5.75 Å². The molecule has 0 amide bonds. The van der Waals surface area contributed by atoms with Crippen molar-refractivity contribution in [3.8, 4) is 0 Å². The normalized spacial score (nSPS) is 15.7. The maximum Gasteiger partial charge on any atom is 1.00 e. The summed E-state index contributed by atoms with van der Waals surface area (Å²) in [5.41, 5.74) is 0.657. The molecule has 1 aliphatic rings. The van der Waals surface area contributed by atoms with E-state index in [1.807, 2.05) is 0 Å². The second-order valence-corrected chi connectivity index (χ2v) is 2.10. The fourth-order valence-electron chi connectivity index (χ4n) is 0.343. The molecule has 1 aliphatic heterocycles. The number of carbonyl (C=O) groups excluding carboxylic acids is 1. The van der Waals surface area contributed by atoms with E-state index < -0.39 is 0 Å². The van der Waals surface area contributed by atoms with E-state index in [9.17, 15) is 4.79 Å². The summed E-state index contributed by atoms with van der Waals surface area (Å²) in [7, 11) is 0. The van der Waals surface area contributed by atoms with E-state index in [1.54, 1.807) is 6.92 Å². The largest absolute Gasteiger partial charge is 1.00 e. The van der Waals surface area contributed by atoms with Gasteiger partial charge in [-0.25, -0.2) is 4.40 Å². The van der Waals surface area contributed by atoms with Crippen LogP contribution in [0.2, 0.25) is 0 Å². The number of Topliss-reactive ketones (excluding diaryl/α,β-unsaturated/α-hetero) is 1. The summed E-state index contributed by atoms with van der Waals surface area (Å²) in [6.07, 6.45) is 0. The smallest absolute Gasteiger partial charge is 1.00 e. The van der Waals surface area contributed by atoms with Crippen molar-refractivity contribution in [3.63, 3.8) is 0 Å². The Labute approximate surface area is 86.7 Å². The summed E-state index contributed by atoms with van der Waals surface area (Å²) < 4.78 is 3.80. The first-order valence-corrected chi connectivity index (χ1v) is 2.95. The van der Waals surface area contributed by atoms with E-state index in [-0.39, 0.29) is 47.7 Å². The quantitative estimate of drug-likeness (QED) is 0.271. The van der Waals surface area contributed by atoms with E-state index in [0.29, 0.717) is 11.5 Å². The summed E-state index contributed by atoms with van der Waals surface area (Å²) in [5.74, 6) is 0.719. The molecule has 0 bridgehead atoms. The molecule has 0 aromatic rings. The SMILES string of the molecule is CC1=NSCC1=O.[Cl-].[Na+]. The number of rotatable bonds is 0.